The molecule has 1 atom stereocenters. The van der Waals surface area contributed by atoms with Crippen molar-refractivity contribution in [1.29, 1.82) is 0 Å². The van der Waals surface area contributed by atoms with Crippen LogP contribution in [0.15, 0.2) is 24.3 Å². The van der Waals surface area contributed by atoms with Crippen LogP contribution in [-0.2, 0) is 11.8 Å². The summed E-state index contributed by atoms with van der Waals surface area (Å²) in [6.07, 6.45) is 1.15. The highest BCUT2D eigenvalue weighted by Crippen LogP contribution is 2.23. The van der Waals surface area contributed by atoms with Crippen LogP contribution < -0.4 is 5.32 Å². The Labute approximate surface area is 119 Å². The molecule has 0 aliphatic heterocycles. The lowest BCUT2D eigenvalue weighted by atomic mass is 9.85. The van der Waals surface area contributed by atoms with Gasteiger partial charge in [-0.25, -0.2) is 0 Å². The molecule has 0 fully saturated rings. The zero-order chi connectivity index (χ0) is 14.7. The minimum Gasteiger partial charge on any atom is -0.312 e. The Morgan fingerprint density at radius 1 is 1.05 bits per heavy atom. The summed E-state index contributed by atoms with van der Waals surface area (Å²) in [5.41, 5.74) is 3.33. The van der Waals surface area contributed by atoms with Crippen LogP contribution in [0, 0.1) is 5.92 Å². The lowest BCUT2D eigenvalue weighted by molar-refractivity contribution is 0.381. The smallest absolute Gasteiger partial charge is 0.00966 e. The van der Waals surface area contributed by atoms with E-state index in [1.165, 1.54) is 11.1 Å². The molecule has 0 saturated heterocycles. The molecule has 0 aliphatic carbocycles. The van der Waals surface area contributed by atoms with E-state index in [-0.39, 0.29) is 11.0 Å². The van der Waals surface area contributed by atoms with Crippen molar-refractivity contribution < 1.29 is 0 Å². The Bertz CT molecular complexity index is 393. The average Bonchev–Trinajstić information content (AvgIpc) is 2.25. The monoisotopic (exact) mass is 261 g/mol. The van der Waals surface area contributed by atoms with Crippen LogP contribution in [0.3, 0.4) is 0 Å². The van der Waals surface area contributed by atoms with E-state index in [0.29, 0.717) is 5.92 Å². The molecule has 1 aromatic rings. The molecule has 0 amide bonds. The van der Waals surface area contributed by atoms with Crippen molar-refractivity contribution in [2.24, 2.45) is 5.92 Å². The first kappa shape index (κ1) is 16.2. The minimum absolute atomic E-state index is 0.210. The second kappa shape index (κ2) is 6.09. The van der Waals surface area contributed by atoms with Gasteiger partial charge in [0.2, 0.25) is 0 Å². The fourth-order valence-electron chi connectivity index (χ4n) is 2.12. The molecule has 0 spiro atoms. The summed E-state index contributed by atoms with van der Waals surface area (Å²) in [6.45, 7) is 16.9. The number of rotatable bonds is 4. The first-order valence-corrected chi connectivity index (χ1v) is 7.42. The predicted molar refractivity (Wildman–Crippen MR) is 85.8 cm³/mol. The molecule has 108 valence electrons. The first-order chi connectivity index (χ1) is 8.58. The maximum Gasteiger partial charge on any atom is 0.00966 e. The largest absolute Gasteiger partial charge is 0.312 e. The molecular formula is C18H31N. The van der Waals surface area contributed by atoms with E-state index in [1.807, 2.05) is 0 Å². The van der Waals surface area contributed by atoms with Crippen LogP contribution in [0.25, 0.3) is 0 Å². The molecule has 0 aromatic heterocycles. The van der Waals surface area contributed by atoms with Crippen LogP contribution in [0.1, 0.15) is 59.6 Å². The van der Waals surface area contributed by atoms with E-state index in [4.69, 9.17) is 0 Å². The molecule has 1 heteroatoms. The normalized spacial score (nSPS) is 14.5. The van der Waals surface area contributed by atoms with Crippen LogP contribution in [0.2, 0.25) is 0 Å². The highest BCUT2D eigenvalue weighted by molar-refractivity contribution is 5.28. The quantitative estimate of drug-likeness (QED) is 0.838. The molecule has 0 radical (unpaired) electrons. The summed E-state index contributed by atoms with van der Waals surface area (Å²) in [5, 5.41) is 3.59. The van der Waals surface area contributed by atoms with Crippen molar-refractivity contribution in [2.45, 2.75) is 65.8 Å². The van der Waals surface area contributed by atoms with Gasteiger partial charge in [-0.15, -0.1) is 0 Å². The van der Waals surface area contributed by atoms with Gasteiger partial charge in [-0.05, 0) is 56.2 Å². The fourth-order valence-corrected chi connectivity index (χ4v) is 2.12. The van der Waals surface area contributed by atoms with Gasteiger partial charge in [0, 0.05) is 5.54 Å². The average molecular weight is 261 g/mol. The van der Waals surface area contributed by atoms with Crippen molar-refractivity contribution >= 4 is 0 Å². The highest BCUT2D eigenvalue weighted by Gasteiger charge is 2.15. The zero-order valence-corrected chi connectivity index (χ0v) is 13.8. The van der Waals surface area contributed by atoms with E-state index in [9.17, 15) is 0 Å². The second-order valence-corrected chi connectivity index (χ2v) is 7.89. The van der Waals surface area contributed by atoms with E-state index in [1.54, 1.807) is 0 Å². The zero-order valence-electron chi connectivity index (χ0n) is 13.8. The Hall–Kier alpha value is -0.820. The van der Waals surface area contributed by atoms with Crippen molar-refractivity contribution in [1.82, 2.24) is 5.32 Å². The minimum atomic E-state index is 0.210. The Morgan fingerprint density at radius 3 is 2.21 bits per heavy atom. The van der Waals surface area contributed by atoms with Gasteiger partial charge in [-0.3, -0.25) is 0 Å². The second-order valence-electron chi connectivity index (χ2n) is 7.89. The molecule has 1 aromatic carbocycles. The van der Waals surface area contributed by atoms with Crippen LogP contribution in [0.4, 0.5) is 0 Å². The standard InChI is InChI=1S/C18H31N/c1-14(13-19-18(5,6)7)11-15-9-8-10-16(12-15)17(2,3)4/h8-10,12,14,19H,11,13H2,1-7H3/t14-/m1/s1. The molecule has 0 aliphatic rings. The number of hydrogen-bond acceptors (Lipinski definition) is 1. The third-order valence-electron chi connectivity index (χ3n) is 3.36. The maximum absolute atomic E-state index is 3.59. The Morgan fingerprint density at radius 2 is 1.68 bits per heavy atom. The van der Waals surface area contributed by atoms with E-state index in [0.717, 1.165) is 13.0 Å². The molecule has 0 saturated carbocycles. The lowest BCUT2D eigenvalue weighted by Crippen LogP contribution is -2.39. The van der Waals surface area contributed by atoms with Gasteiger partial charge in [-0.1, -0.05) is 52.0 Å². The van der Waals surface area contributed by atoms with Crippen molar-refractivity contribution in [2.75, 3.05) is 6.54 Å². The Balaban J connectivity index is 2.62. The number of hydrogen-bond donors (Lipinski definition) is 1. The number of nitrogens with one attached hydrogen (secondary N) is 1. The third kappa shape index (κ3) is 6.24. The molecule has 1 rings (SSSR count). The maximum atomic E-state index is 3.59. The summed E-state index contributed by atoms with van der Waals surface area (Å²) in [7, 11) is 0. The Kier molecular flexibility index (Phi) is 5.20. The SMILES string of the molecule is C[C@@H](CNC(C)(C)C)Cc1cccc(C(C)(C)C)c1. The fraction of sp³-hybridized carbons (Fsp3) is 0.667. The van der Waals surface area contributed by atoms with E-state index in [2.05, 4.69) is 78.0 Å². The summed E-state index contributed by atoms with van der Waals surface area (Å²) in [4.78, 5) is 0. The molecule has 0 heterocycles. The van der Waals surface area contributed by atoms with E-state index < -0.39 is 0 Å². The first-order valence-electron chi connectivity index (χ1n) is 7.42. The summed E-state index contributed by atoms with van der Waals surface area (Å²) >= 11 is 0. The third-order valence-corrected chi connectivity index (χ3v) is 3.36. The summed E-state index contributed by atoms with van der Waals surface area (Å²) in [5.74, 6) is 0.662. The summed E-state index contributed by atoms with van der Waals surface area (Å²) in [6, 6.07) is 9.05. The van der Waals surface area contributed by atoms with Gasteiger partial charge in [0.25, 0.3) is 0 Å². The highest BCUT2D eigenvalue weighted by atomic mass is 14.9. The molecule has 1 nitrogen and oxygen atoms in total. The molecule has 0 bridgehead atoms. The van der Waals surface area contributed by atoms with Crippen molar-refractivity contribution in [3.8, 4) is 0 Å². The lowest BCUT2D eigenvalue weighted by Gasteiger charge is -2.24. The van der Waals surface area contributed by atoms with Crippen LogP contribution >= 0.6 is 0 Å². The summed E-state index contributed by atoms with van der Waals surface area (Å²) < 4.78 is 0. The predicted octanol–water partition coefficient (Wildman–Crippen LogP) is 4.55. The molecule has 0 unspecified atom stereocenters. The number of benzene rings is 1. The topological polar surface area (TPSA) is 12.0 Å². The van der Waals surface area contributed by atoms with Crippen LogP contribution in [-0.4, -0.2) is 12.1 Å². The molecule has 19 heavy (non-hydrogen) atoms. The van der Waals surface area contributed by atoms with Gasteiger partial charge >= 0.3 is 0 Å². The molecule has 1 N–H and O–H groups in total. The van der Waals surface area contributed by atoms with Gasteiger partial charge in [0.05, 0.1) is 0 Å². The van der Waals surface area contributed by atoms with Gasteiger partial charge in [0.15, 0.2) is 0 Å². The van der Waals surface area contributed by atoms with Gasteiger partial charge in [0.1, 0.15) is 0 Å². The van der Waals surface area contributed by atoms with Gasteiger partial charge in [-0.2, -0.15) is 0 Å². The van der Waals surface area contributed by atoms with Crippen molar-refractivity contribution in [3.63, 3.8) is 0 Å². The van der Waals surface area contributed by atoms with Gasteiger partial charge < -0.3 is 5.32 Å². The molecular weight excluding hydrogens is 230 g/mol. The van der Waals surface area contributed by atoms with Crippen molar-refractivity contribution in [3.05, 3.63) is 35.4 Å². The van der Waals surface area contributed by atoms with E-state index >= 15 is 0 Å². The van der Waals surface area contributed by atoms with Crippen LogP contribution in [0.5, 0.6) is 0 Å².